The smallest absolute Gasteiger partial charge is 0.00746 e. The summed E-state index contributed by atoms with van der Waals surface area (Å²) in [5.41, 5.74) is 0.796. The molecule has 1 heteroatoms. The van der Waals surface area contributed by atoms with E-state index in [1.54, 1.807) is 0 Å². The van der Waals surface area contributed by atoms with Crippen molar-refractivity contribution < 1.29 is 0 Å². The minimum absolute atomic E-state index is 0.796. The SMILES string of the molecule is CNC1CC2(CCCCCC2)C1. The average Bonchev–Trinajstić information content (AvgIpc) is 2.25. The Bertz CT molecular complexity index is 137. The Morgan fingerprint density at radius 2 is 1.58 bits per heavy atom. The molecule has 0 radical (unpaired) electrons. The van der Waals surface area contributed by atoms with Gasteiger partial charge < -0.3 is 5.32 Å². The number of hydrogen-bond acceptors (Lipinski definition) is 1. The third kappa shape index (κ3) is 1.52. The molecule has 0 saturated heterocycles. The largest absolute Gasteiger partial charge is 0.317 e. The third-order valence-corrected chi connectivity index (χ3v) is 3.93. The lowest BCUT2D eigenvalue weighted by Crippen LogP contribution is -2.47. The molecule has 2 rings (SSSR count). The Balaban J connectivity index is 1.86. The molecule has 0 aliphatic heterocycles. The molecule has 2 aliphatic carbocycles. The first-order chi connectivity index (χ1) is 5.85. The molecule has 70 valence electrons. The van der Waals surface area contributed by atoms with Crippen LogP contribution in [0, 0.1) is 5.41 Å². The normalized spacial score (nSPS) is 29.8. The van der Waals surface area contributed by atoms with Gasteiger partial charge in [0.05, 0.1) is 0 Å². The quantitative estimate of drug-likeness (QED) is 0.633. The van der Waals surface area contributed by atoms with E-state index in [9.17, 15) is 0 Å². The molecule has 0 aromatic carbocycles. The fraction of sp³-hybridized carbons (Fsp3) is 1.00. The maximum absolute atomic E-state index is 3.39. The van der Waals surface area contributed by atoms with Gasteiger partial charge in [-0.2, -0.15) is 0 Å². The highest BCUT2D eigenvalue weighted by molar-refractivity contribution is 4.97. The Morgan fingerprint density at radius 1 is 1.00 bits per heavy atom. The molecule has 0 amide bonds. The fourth-order valence-electron chi connectivity index (χ4n) is 3.08. The van der Waals surface area contributed by atoms with Gasteiger partial charge >= 0.3 is 0 Å². The Kier molecular flexibility index (Phi) is 2.40. The molecule has 0 aromatic rings. The lowest BCUT2D eigenvalue weighted by Gasteiger charge is -2.47. The minimum Gasteiger partial charge on any atom is -0.317 e. The van der Waals surface area contributed by atoms with Crippen molar-refractivity contribution in [2.24, 2.45) is 5.41 Å². The van der Waals surface area contributed by atoms with Crippen LogP contribution >= 0.6 is 0 Å². The van der Waals surface area contributed by atoms with Gasteiger partial charge in [-0.25, -0.2) is 0 Å². The number of nitrogens with one attached hydrogen (secondary N) is 1. The monoisotopic (exact) mass is 167 g/mol. The summed E-state index contributed by atoms with van der Waals surface area (Å²) in [5, 5.41) is 3.39. The molecule has 2 aliphatic rings. The first-order valence-corrected chi connectivity index (χ1v) is 5.52. The molecule has 2 fully saturated rings. The van der Waals surface area contributed by atoms with E-state index in [2.05, 4.69) is 12.4 Å². The van der Waals surface area contributed by atoms with Crippen LogP contribution in [-0.2, 0) is 0 Å². The molecule has 0 atom stereocenters. The van der Waals surface area contributed by atoms with Crippen LogP contribution in [0.2, 0.25) is 0 Å². The molecule has 0 bridgehead atoms. The fourth-order valence-corrected chi connectivity index (χ4v) is 3.08. The van der Waals surface area contributed by atoms with Crippen LogP contribution in [0.4, 0.5) is 0 Å². The molecular formula is C11H21N. The predicted molar refractivity (Wildman–Crippen MR) is 52.2 cm³/mol. The molecule has 0 unspecified atom stereocenters. The van der Waals surface area contributed by atoms with Gasteiger partial charge in [0.1, 0.15) is 0 Å². The maximum Gasteiger partial charge on any atom is 0.00746 e. The zero-order valence-electron chi connectivity index (χ0n) is 8.23. The van der Waals surface area contributed by atoms with E-state index in [0.717, 1.165) is 11.5 Å². The van der Waals surface area contributed by atoms with E-state index in [0.29, 0.717) is 0 Å². The molecule has 1 nitrogen and oxygen atoms in total. The van der Waals surface area contributed by atoms with Gasteiger partial charge in [0, 0.05) is 6.04 Å². The summed E-state index contributed by atoms with van der Waals surface area (Å²) < 4.78 is 0. The highest BCUT2D eigenvalue weighted by Gasteiger charge is 2.42. The summed E-state index contributed by atoms with van der Waals surface area (Å²) in [5.74, 6) is 0. The van der Waals surface area contributed by atoms with Crippen molar-refractivity contribution in [3.8, 4) is 0 Å². The van der Waals surface area contributed by atoms with Crippen molar-refractivity contribution in [3.63, 3.8) is 0 Å². The van der Waals surface area contributed by atoms with E-state index in [1.807, 2.05) is 0 Å². The molecule has 12 heavy (non-hydrogen) atoms. The lowest BCUT2D eigenvalue weighted by atomic mass is 9.61. The molecular weight excluding hydrogens is 146 g/mol. The second-order valence-electron chi connectivity index (χ2n) is 4.81. The zero-order chi connectivity index (χ0) is 8.44. The second kappa shape index (κ2) is 3.37. The van der Waals surface area contributed by atoms with Crippen molar-refractivity contribution in [1.29, 1.82) is 0 Å². The summed E-state index contributed by atoms with van der Waals surface area (Å²) in [7, 11) is 2.11. The maximum atomic E-state index is 3.39. The van der Waals surface area contributed by atoms with Crippen LogP contribution in [0.25, 0.3) is 0 Å². The average molecular weight is 167 g/mol. The number of hydrogen-bond donors (Lipinski definition) is 1. The van der Waals surface area contributed by atoms with E-state index >= 15 is 0 Å². The minimum atomic E-state index is 0.796. The Hall–Kier alpha value is -0.0400. The number of rotatable bonds is 1. The van der Waals surface area contributed by atoms with Crippen molar-refractivity contribution >= 4 is 0 Å². The van der Waals surface area contributed by atoms with Crippen LogP contribution in [0.15, 0.2) is 0 Å². The molecule has 2 saturated carbocycles. The summed E-state index contributed by atoms with van der Waals surface area (Å²) in [6, 6.07) is 0.850. The van der Waals surface area contributed by atoms with E-state index < -0.39 is 0 Å². The van der Waals surface area contributed by atoms with Crippen LogP contribution in [0.3, 0.4) is 0 Å². The Morgan fingerprint density at radius 3 is 2.08 bits per heavy atom. The summed E-state index contributed by atoms with van der Waals surface area (Å²) >= 11 is 0. The van der Waals surface area contributed by atoms with Crippen molar-refractivity contribution in [2.75, 3.05) is 7.05 Å². The first kappa shape index (κ1) is 8.55. The van der Waals surface area contributed by atoms with Crippen LogP contribution < -0.4 is 5.32 Å². The topological polar surface area (TPSA) is 12.0 Å². The highest BCUT2D eigenvalue weighted by atomic mass is 14.9. The van der Waals surface area contributed by atoms with Crippen LogP contribution in [0.1, 0.15) is 51.4 Å². The summed E-state index contributed by atoms with van der Waals surface area (Å²) in [4.78, 5) is 0. The molecule has 0 aromatic heterocycles. The standard InChI is InChI=1S/C11H21N/c1-12-10-8-11(9-10)6-4-2-3-5-7-11/h10,12H,2-9H2,1H3. The van der Waals surface area contributed by atoms with Gasteiger partial charge in [0.15, 0.2) is 0 Å². The summed E-state index contributed by atoms with van der Waals surface area (Å²) in [6.45, 7) is 0. The first-order valence-electron chi connectivity index (χ1n) is 5.52. The predicted octanol–water partition coefficient (Wildman–Crippen LogP) is 2.71. The van der Waals surface area contributed by atoms with Crippen LogP contribution in [-0.4, -0.2) is 13.1 Å². The zero-order valence-corrected chi connectivity index (χ0v) is 8.23. The second-order valence-corrected chi connectivity index (χ2v) is 4.81. The third-order valence-electron chi connectivity index (χ3n) is 3.93. The van der Waals surface area contributed by atoms with Crippen molar-refractivity contribution in [2.45, 2.75) is 57.4 Å². The summed E-state index contributed by atoms with van der Waals surface area (Å²) in [6.07, 6.45) is 11.9. The van der Waals surface area contributed by atoms with Gasteiger partial charge in [-0.3, -0.25) is 0 Å². The highest BCUT2D eigenvalue weighted by Crippen LogP contribution is 2.50. The van der Waals surface area contributed by atoms with E-state index in [-0.39, 0.29) is 0 Å². The van der Waals surface area contributed by atoms with E-state index in [1.165, 1.54) is 51.4 Å². The van der Waals surface area contributed by atoms with Crippen molar-refractivity contribution in [3.05, 3.63) is 0 Å². The molecule has 0 heterocycles. The van der Waals surface area contributed by atoms with Gasteiger partial charge in [-0.1, -0.05) is 25.7 Å². The Labute approximate surface area is 75.9 Å². The van der Waals surface area contributed by atoms with Gasteiger partial charge in [0.2, 0.25) is 0 Å². The van der Waals surface area contributed by atoms with Gasteiger partial charge in [0.25, 0.3) is 0 Å². The molecule has 1 N–H and O–H groups in total. The van der Waals surface area contributed by atoms with E-state index in [4.69, 9.17) is 0 Å². The van der Waals surface area contributed by atoms with Crippen LogP contribution in [0.5, 0.6) is 0 Å². The van der Waals surface area contributed by atoms with Crippen molar-refractivity contribution in [1.82, 2.24) is 5.32 Å². The lowest BCUT2D eigenvalue weighted by molar-refractivity contribution is 0.0677. The van der Waals surface area contributed by atoms with Gasteiger partial charge in [-0.15, -0.1) is 0 Å². The molecule has 1 spiro atoms. The van der Waals surface area contributed by atoms with Gasteiger partial charge in [-0.05, 0) is 38.1 Å².